The third kappa shape index (κ3) is 3.64. The maximum Gasteiger partial charge on any atom is 0.320 e. The first kappa shape index (κ1) is 11.5. The number of aliphatic carboxylic acids is 1. The van der Waals surface area contributed by atoms with Crippen molar-refractivity contribution >= 4 is 5.97 Å². The second kappa shape index (κ2) is 5.98. The highest BCUT2D eigenvalue weighted by Gasteiger charge is 2.27. The molecule has 0 aromatic rings. The standard InChI is InChI=1S/C10H19NO3/c1-14-7-3-2-4-8-5-6-9(11-8)10(12)13/h8-9,11H,2-7H2,1H3,(H,12,13). The van der Waals surface area contributed by atoms with E-state index in [1.807, 2.05) is 0 Å². The molecule has 14 heavy (non-hydrogen) atoms. The molecule has 1 saturated heterocycles. The van der Waals surface area contributed by atoms with Crippen molar-refractivity contribution < 1.29 is 14.6 Å². The molecule has 82 valence electrons. The van der Waals surface area contributed by atoms with Crippen LogP contribution in [-0.2, 0) is 9.53 Å². The van der Waals surface area contributed by atoms with Gasteiger partial charge in [-0.15, -0.1) is 0 Å². The molecule has 0 saturated carbocycles. The molecule has 1 aliphatic heterocycles. The van der Waals surface area contributed by atoms with Crippen molar-refractivity contribution in [3.63, 3.8) is 0 Å². The lowest BCUT2D eigenvalue weighted by Crippen LogP contribution is -2.35. The predicted molar refractivity (Wildman–Crippen MR) is 53.3 cm³/mol. The van der Waals surface area contributed by atoms with Gasteiger partial charge in [-0.2, -0.15) is 0 Å². The quantitative estimate of drug-likeness (QED) is 0.630. The van der Waals surface area contributed by atoms with E-state index in [0.717, 1.165) is 38.7 Å². The lowest BCUT2D eigenvalue weighted by Gasteiger charge is -2.11. The van der Waals surface area contributed by atoms with Gasteiger partial charge in [0.2, 0.25) is 0 Å². The third-order valence-electron chi connectivity index (χ3n) is 2.69. The predicted octanol–water partition coefficient (Wildman–Crippen LogP) is 1.01. The number of rotatable bonds is 6. The summed E-state index contributed by atoms with van der Waals surface area (Å²) in [5.41, 5.74) is 0. The molecule has 2 unspecified atom stereocenters. The maximum atomic E-state index is 10.6. The van der Waals surface area contributed by atoms with Crippen LogP contribution in [0.5, 0.6) is 0 Å². The first-order chi connectivity index (χ1) is 6.74. The third-order valence-corrected chi connectivity index (χ3v) is 2.69. The van der Waals surface area contributed by atoms with E-state index in [9.17, 15) is 4.79 Å². The van der Waals surface area contributed by atoms with Crippen LogP contribution in [0.4, 0.5) is 0 Å². The van der Waals surface area contributed by atoms with E-state index in [1.54, 1.807) is 7.11 Å². The van der Waals surface area contributed by atoms with Gasteiger partial charge >= 0.3 is 5.97 Å². The highest BCUT2D eigenvalue weighted by Crippen LogP contribution is 2.17. The summed E-state index contributed by atoms with van der Waals surface area (Å²) in [6, 6.07) is 0.0791. The lowest BCUT2D eigenvalue weighted by molar-refractivity contribution is -0.139. The summed E-state index contributed by atoms with van der Waals surface area (Å²) in [5.74, 6) is -0.718. The van der Waals surface area contributed by atoms with Crippen LogP contribution >= 0.6 is 0 Å². The number of carboxylic acid groups (broad SMARTS) is 1. The van der Waals surface area contributed by atoms with Crippen LogP contribution in [-0.4, -0.2) is 36.9 Å². The summed E-state index contributed by atoms with van der Waals surface area (Å²) in [7, 11) is 1.70. The molecule has 0 aromatic carbocycles. The van der Waals surface area contributed by atoms with Gasteiger partial charge in [-0.25, -0.2) is 0 Å². The lowest BCUT2D eigenvalue weighted by atomic mass is 10.1. The Morgan fingerprint density at radius 3 is 2.86 bits per heavy atom. The van der Waals surface area contributed by atoms with E-state index in [-0.39, 0.29) is 6.04 Å². The van der Waals surface area contributed by atoms with Crippen molar-refractivity contribution in [3.8, 4) is 0 Å². The van der Waals surface area contributed by atoms with Crippen LogP contribution in [0, 0.1) is 0 Å². The first-order valence-electron chi connectivity index (χ1n) is 5.22. The van der Waals surface area contributed by atoms with Crippen molar-refractivity contribution in [2.75, 3.05) is 13.7 Å². The van der Waals surface area contributed by atoms with Gasteiger partial charge in [0, 0.05) is 19.8 Å². The average molecular weight is 201 g/mol. The molecular formula is C10H19NO3. The van der Waals surface area contributed by atoms with Crippen LogP contribution in [0.15, 0.2) is 0 Å². The molecule has 0 bridgehead atoms. The van der Waals surface area contributed by atoms with Crippen LogP contribution in [0.25, 0.3) is 0 Å². The van der Waals surface area contributed by atoms with Crippen molar-refractivity contribution in [1.29, 1.82) is 0 Å². The van der Waals surface area contributed by atoms with Crippen LogP contribution in [0.3, 0.4) is 0 Å². The number of hydrogen-bond donors (Lipinski definition) is 2. The van der Waals surface area contributed by atoms with Crippen molar-refractivity contribution in [2.45, 2.75) is 44.2 Å². The number of carboxylic acids is 1. The number of hydrogen-bond acceptors (Lipinski definition) is 3. The van der Waals surface area contributed by atoms with Gasteiger partial charge in [0.15, 0.2) is 0 Å². The number of nitrogens with one attached hydrogen (secondary N) is 1. The normalized spacial score (nSPS) is 26.6. The molecule has 0 aromatic heterocycles. The van der Waals surface area contributed by atoms with Crippen molar-refractivity contribution in [2.24, 2.45) is 0 Å². The van der Waals surface area contributed by atoms with Crippen LogP contribution in [0.2, 0.25) is 0 Å². The highest BCUT2D eigenvalue weighted by atomic mass is 16.5. The monoisotopic (exact) mass is 201 g/mol. The second-order valence-corrected chi connectivity index (χ2v) is 3.82. The smallest absolute Gasteiger partial charge is 0.320 e. The minimum absolute atomic E-state index is 0.317. The van der Waals surface area contributed by atoms with Crippen LogP contribution in [0.1, 0.15) is 32.1 Å². The molecule has 2 atom stereocenters. The summed E-state index contributed by atoms with van der Waals surface area (Å²) in [5, 5.41) is 11.9. The number of methoxy groups -OCH3 is 1. The van der Waals surface area contributed by atoms with Gasteiger partial charge in [-0.3, -0.25) is 4.79 Å². The van der Waals surface area contributed by atoms with E-state index in [4.69, 9.17) is 9.84 Å². The van der Waals surface area contributed by atoms with E-state index in [1.165, 1.54) is 0 Å². The van der Waals surface area contributed by atoms with E-state index < -0.39 is 5.97 Å². The van der Waals surface area contributed by atoms with Crippen molar-refractivity contribution in [1.82, 2.24) is 5.32 Å². The zero-order valence-electron chi connectivity index (χ0n) is 8.66. The van der Waals surface area contributed by atoms with Gasteiger partial charge < -0.3 is 15.2 Å². The summed E-state index contributed by atoms with van der Waals surface area (Å²) >= 11 is 0. The summed E-state index contributed by atoms with van der Waals surface area (Å²) in [6.07, 6.45) is 4.99. The summed E-state index contributed by atoms with van der Waals surface area (Å²) < 4.78 is 4.95. The molecule has 4 heteroatoms. The second-order valence-electron chi connectivity index (χ2n) is 3.82. The number of carbonyl (C=O) groups is 1. The molecule has 4 nitrogen and oxygen atoms in total. The molecular weight excluding hydrogens is 182 g/mol. The molecule has 0 radical (unpaired) electrons. The minimum atomic E-state index is -0.718. The van der Waals surface area contributed by atoms with Gasteiger partial charge in [-0.05, 0) is 32.1 Å². The topological polar surface area (TPSA) is 58.6 Å². The fraction of sp³-hybridized carbons (Fsp3) is 0.900. The zero-order valence-corrected chi connectivity index (χ0v) is 8.66. The Balaban J connectivity index is 2.07. The number of unbranched alkanes of at least 4 members (excludes halogenated alkanes) is 1. The molecule has 1 aliphatic rings. The largest absolute Gasteiger partial charge is 0.480 e. The Bertz CT molecular complexity index is 184. The highest BCUT2D eigenvalue weighted by molar-refractivity contribution is 5.73. The molecule has 1 rings (SSSR count). The van der Waals surface area contributed by atoms with Gasteiger partial charge in [0.25, 0.3) is 0 Å². The molecule has 1 heterocycles. The fourth-order valence-electron chi connectivity index (χ4n) is 1.88. The summed E-state index contributed by atoms with van der Waals surface area (Å²) in [6.45, 7) is 0.801. The van der Waals surface area contributed by atoms with E-state index in [0.29, 0.717) is 6.04 Å². The zero-order chi connectivity index (χ0) is 10.4. The van der Waals surface area contributed by atoms with E-state index in [2.05, 4.69) is 5.32 Å². The maximum absolute atomic E-state index is 10.6. The molecule has 0 amide bonds. The molecule has 0 spiro atoms. The molecule has 2 N–H and O–H groups in total. The van der Waals surface area contributed by atoms with Gasteiger partial charge in [0.1, 0.15) is 6.04 Å². The SMILES string of the molecule is COCCCCC1CCC(C(=O)O)N1. The fourth-order valence-corrected chi connectivity index (χ4v) is 1.88. The van der Waals surface area contributed by atoms with Crippen molar-refractivity contribution in [3.05, 3.63) is 0 Å². The Labute approximate surface area is 84.6 Å². The summed E-state index contributed by atoms with van der Waals surface area (Å²) in [4.78, 5) is 10.6. The molecule has 0 aliphatic carbocycles. The Morgan fingerprint density at radius 2 is 2.29 bits per heavy atom. The first-order valence-corrected chi connectivity index (χ1v) is 5.22. The van der Waals surface area contributed by atoms with Gasteiger partial charge in [-0.1, -0.05) is 0 Å². The number of ether oxygens (including phenoxy) is 1. The Hall–Kier alpha value is -0.610. The van der Waals surface area contributed by atoms with E-state index >= 15 is 0 Å². The minimum Gasteiger partial charge on any atom is -0.480 e. The molecule has 1 fully saturated rings. The van der Waals surface area contributed by atoms with Crippen LogP contribution < -0.4 is 5.32 Å². The average Bonchev–Trinajstić information content (AvgIpc) is 2.61. The van der Waals surface area contributed by atoms with Gasteiger partial charge in [0.05, 0.1) is 0 Å². The Kier molecular flexibility index (Phi) is 4.90. The Morgan fingerprint density at radius 1 is 1.50 bits per heavy atom.